The van der Waals surface area contributed by atoms with Crippen molar-refractivity contribution in [2.24, 2.45) is 0 Å². The lowest BCUT2D eigenvalue weighted by Crippen LogP contribution is -2.35. The molecule has 2 N–H and O–H groups in total. The van der Waals surface area contributed by atoms with Crippen LogP contribution in [-0.4, -0.2) is 12.6 Å². The molecule has 19 heavy (non-hydrogen) atoms. The normalized spacial score (nSPS) is 11.2. The Morgan fingerprint density at radius 1 is 1.21 bits per heavy atom. The highest BCUT2D eigenvalue weighted by atomic mass is 19.4. The summed E-state index contributed by atoms with van der Waals surface area (Å²) >= 11 is 0. The summed E-state index contributed by atoms with van der Waals surface area (Å²) in [5.41, 5.74) is -0.663. The van der Waals surface area contributed by atoms with E-state index in [9.17, 15) is 18.0 Å². The largest absolute Gasteiger partial charge is 0.416 e. The van der Waals surface area contributed by atoms with Crippen LogP contribution >= 0.6 is 0 Å². The van der Waals surface area contributed by atoms with Crippen molar-refractivity contribution in [1.29, 1.82) is 0 Å². The van der Waals surface area contributed by atoms with Gasteiger partial charge in [-0.05, 0) is 18.1 Å². The molecule has 6 heteroatoms. The molecule has 0 aliphatic rings. The van der Waals surface area contributed by atoms with Gasteiger partial charge in [-0.3, -0.25) is 0 Å². The molecular weight excluding hydrogens is 257 g/mol. The molecule has 0 bridgehead atoms. The van der Waals surface area contributed by atoms with Crippen LogP contribution in [0.4, 0.5) is 18.0 Å². The fraction of sp³-hybridized carbons (Fsp3) is 0.462. The molecule has 0 saturated heterocycles. The van der Waals surface area contributed by atoms with E-state index in [1.807, 2.05) is 6.92 Å². The van der Waals surface area contributed by atoms with E-state index in [1.54, 1.807) is 0 Å². The number of rotatable bonds is 5. The summed E-state index contributed by atoms with van der Waals surface area (Å²) in [5.74, 6) is 0. The minimum atomic E-state index is -4.41. The van der Waals surface area contributed by atoms with Gasteiger partial charge in [-0.2, -0.15) is 13.2 Å². The topological polar surface area (TPSA) is 41.1 Å². The number of hydrogen-bond donors (Lipinski definition) is 2. The van der Waals surface area contributed by atoms with Gasteiger partial charge in [-0.25, -0.2) is 4.79 Å². The van der Waals surface area contributed by atoms with Crippen molar-refractivity contribution < 1.29 is 18.0 Å². The van der Waals surface area contributed by atoms with E-state index in [0.717, 1.165) is 18.9 Å². The average molecular weight is 274 g/mol. The molecule has 0 spiro atoms. The molecule has 106 valence electrons. The molecule has 2 amide bonds. The summed E-state index contributed by atoms with van der Waals surface area (Å²) < 4.78 is 38.1. The van der Waals surface area contributed by atoms with E-state index in [0.29, 0.717) is 6.54 Å². The van der Waals surface area contributed by atoms with Crippen molar-refractivity contribution >= 4 is 6.03 Å². The zero-order valence-electron chi connectivity index (χ0n) is 10.7. The van der Waals surface area contributed by atoms with Crippen LogP contribution in [0.15, 0.2) is 24.3 Å². The Balaban J connectivity index is 2.56. The van der Waals surface area contributed by atoms with E-state index < -0.39 is 17.8 Å². The Kier molecular flexibility index (Phi) is 5.66. The zero-order valence-corrected chi connectivity index (χ0v) is 10.7. The molecule has 0 aliphatic heterocycles. The first kappa shape index (κ1) is 15.3. The molecule has 1 rings (SSSR count). The lowest BCUT2D eigenvalue weighted by atomic mass is 10.1. The van der Waals surface area contributed by atoms with Gasteiger partial charge in [0.2, 0.25) is 0 Å². The van der Waals surface area contributed by atoms with Gasteiger partial charge in [0.1, 0.15) is 0 Å². The number of alkyl halides is 3. The van der Waals surface area contributed by atoms with Gasteiger partial charge in [0.15, 0.2) is 0 Å². The SMILES string of the molecule is CCCCNC(=O)NCc1ccccc1C(F)(F)F. The second-order valence-electron chi connectivity index (χ2n) is 4.12. The Morgan fingerprint density at radius 3 is 2.53 bits per heavy atom. The number of unbranched alkanes of at least 4 members (excludes halogenated alkanes) is 1. The summed E-state index contributed by atoms with van der Waals surface area (Å²) in [6.45, 7) is 2.36. The first-order valence-electron chi connectivity index (χ1n) is 6.12. The van der Waals surface area contributed by atoms with Crippen LogP contribution < -0.4 is 10.6 Å². The van der Waals surface area contributed by atoms with Crippen molar-refractivity contribution in [3.8, 4) is 0 Å². The van der Waals surface area contributed by atoms with Crippen molar-refractivity contribution in [2.75, 3.05) is 6.54 Å². The maximum Gasteiger partial charge on any atom is 0.416 e. The summed E-state index contributed by atoms with van der Waals surface area (Å²) in [7, 11) is 0. The number of amides is 2. The van der Waals surface area contributed by atoms with Crippen LogP contribution in [0.1, 0.15) is 30.9 Å². The monoisotopic (exact) mass is 274 g/mol. The summed E-state index contributed by atoms with van der Waals surface area (Å²) in [6.07, 6.45) is -2.62. The van der Waals surface area contributed by atoms with Crippen LogP contribution in [0.2, 0.25) is 0 Å². The number of carbonyl (C=O) groups is 1. The molecule has 0 aromatic heterocycles. The number of halogens is 3. The van der Waals surface area contributed by atoms with E-state index in [-0.39, 0.29) is 12.1 Å². The third-order valence-electron chi connectivity index (χ3n) is 2.58. The van der Waals surface area contributed by atoms with E-state index in [1.165, 1.54) is 18.2 Å². The maximum absolute atomic E-state index is 12.7. The van der Waals surface area contributed by atoms with E-state index >= 15 is 0 Å². The first-order chi connectivity index (χ1) is 8.95. The second kappa shape index (κ2) is 7.01. The number of urea groups is 1. The molecule has 0 unspecified atom stereocenters. The van der Waals surface area contributed by atoms with Gasteiger partial charge in [-0.1, -0.05) is 31.5 Å². The Labute approximate surface area is 110 Å². The van der Waals surface area contributed by atoms with Crippen LogP contribution in [0.5, 0.6) is 0 Å². The number of benzene rings is 1. The molecule has 1 aromatic carbocycles. The number of carbonyl (C=O) groups excluding carboxylic acids is 1. The second-order valence-corrected chi connectivity index (χ2v) is 4.12. The molecule has 0 aliphatic carbocycles. The highest BCUT2D eigenvalue weighted by Gasteiger charge is 2.32. The van der Waals surface area contributed by atoms with Crippen molar-refractivity contribution in [1.82, 2.24) is 10.6 Å². The smallest absolute Gasteiger partial charge is 0.338 e. The third kappa shape index (κ3) is 5.19. The molecule has 0 heterocycles. The number of hydrogen-bond acceptors (Lipinski definition) is 1. The number of nitrogens with one attached hydrogen (secondary N) is 2. The fourth-order valence-corrected chi connectivity index (χ4v) is 1.57. The van der Waals surface area contributed by atoms with Crippen LogP contribution in [0.25, 0.3) is 0 Å². The minimum absolute atomic E-state index is 0.0561. The maximum atomic E-state index is 12.7. The van der Waals surface area contributed by atoms with Crippen molar-refractivity contribution in [3.63, 3.8) is 0 Å². The van der Waals surface area contributed by atoms with Crippen LogP contribution in [0.3, 0.4) is 0 Å². The van der Waals surface area contributed by atoms with Crippen molar-refractivity contribution in [2.45, 2.75) is 32.5 Å². The molecule has 3 nitrogen and oxygen atoms in total. The minimum Gasteiger partial charge on any atom is -0.338 e. The fourth-order valence-electron chi connectivity index (χ4n) is 1.57. The Morgan fingerprint density at radius 2 is 1.89 bits per heavy atom. The van der Waals surface area contributed by atoms with Gasteiger partial charge in [-0.15, -0.1) is 0 Å². The van der Waals surface area contributed by atoms with Gasteiger partial charge >= 0.3 is 12.2 Å². The van der Waals surface area contributed by atoms with E-state index in [4.69, 9.17) is 0 Å². The van der Waals surface area contributed by atoms with Crippen LogP contribution in [-0.2, 0) is 12.7 Å². The molecule has 0 fully saturated rings. The molecule has 1 aromatic rings. The zero-order chi connectivity index (χ0) is 14.3. The average Bonchev–Trinajstić information content (AvgIpc) is 2.36. The molecular formula is C13H17F3N2O. The lowest BCUT2D eigenvalue weighted by Gasteiger charge is -2.13. The first-order valence-corrected chi connectivity index (χ1v) is 6.12. The Hall–Kier alpha value is -1.72. The van der Waals surface area contributed by atoms with Crippen LogP contribution in [0, 0.1) is 0 Å². The summed E-state index contributed by atoms with van der Waals surface area (Å²) in [6, 6.07) is 4.75. The van der Waals surface area contributed by atoms with Gasteiger partial charge < -0.3 is 10.6 Å². The Bertz CT molecular complexity index is 419. The van der Waals surface area contributed by atoms with Gasteiger partial charge in [0.25, 0.3) is 0 Å². The highest BCUT2D eigenvalue weighted by Crippen LogP contribution is 2.31. The summed E-state index contributed by atoms with van der Waals surface area (Å²) in [5, 5.41) is 5.00. The van der Waals surface area contributed by atoms with Gasteiger partial charge in [0.05, 0.1) is 5.56 Å². The quantitative estimate of drug-likeness (QED) is 0.795. The predicted octanol–water partition coefficient (Wildman–Crippen LogP) is 3.30. The van der Waals surface area contributed by atoms with Gasteiger partial charge in [0, 0.05) is 13.1 Å². The highest BCUT2D eigenvalue weighted by molar-refractivity contribution is 5.73. The molecule has 0 radical (unpaired) electrons. The predicted molar refractivity (Wildman–Crippen MR) is 66.6 cm³/mol. The molecule has 0 atom stereocenters. The van der Waals surface area contributed by atoms with Crippen molar-refractivity contribution in [3.05, 3.63) is 35.4 Å². The lowest BCUT2D eigenvalue weighted by molar-refractivity contribution is -0.138. The van der Waals surface area contributed by atoms with E-state index in [2.05, 4.69) is 10.6 Å². The summed E-state index contributed by atoms with van der Waals surface area (Å²) in [4.78, 5) is 11.3. The third-order valence-corrected chi connectivity index (χ3v) is 2.58. The molecule has 0 saturated carbocycles. The standard InChI is InChI=1S/C13H17F3N2O/c1-2-3-8-17-12(19)18-9-10-6-4-5-7-11(10)13(14,15)16/h4-7H,2-3,8-9H2,1H3,(H2,17,18,19).